The van der Waals surface area contributed by atoms with Gasteiger partial charge in [-0.05, 0) is 33.3 Å². The molecule has 0 atom stereocenters. The number of hydroxylamine groups is 1. The largest absolute Gasteiger partial charge is 0.465 e. The number of nitrogens with one attached hydrogen (secondary N) is 1. The van der Waals surface area contributed by atoms with E-state index in [9.17, 15) is 9.59 Å². The number of amides is 1. The van der Waals surface area contributed by atoms with Crippen molar-refractivity contribution in [2.75, 3.05) is 11.7 Å². The third-order valence-corrected chi connectivity index (χ3v) is 3.56. The molecule has 1 amide bonds. The minimum absolute atomic E-state index is 0.0703. The van der Waals surface area contributed by atoms with Crippen molar-refractivity contribution in [3.05, 3.63) is 29.8 Å². The number of carbonyl (C=O) groups is 2. The Kier molecular flexibility index (Phi) is 6.20. The summed E-state index contributed by atoms with van der Waals surface area (Å²) < 4.78 is 5.27. The minimum atomic E-state index is -0.558. The van der Waals surface area contributed by atoms with Gasteiger partial charge in [-0.2, -0.15) is 5.06 Å². The van der Waals surface area contributed by atoms with E-state index in [0.717, 1.165) is 28.8 Å². The molecule has 0 aliphatic heterocycles. The van der Waals surface area contributed by atoms with Gasteiger partial charge in [-0.1, -0.05) is 31.5 Å². The highest BCUT2D eigenvalue weighted by Gasteiger charge is 2.24. The number of hydrogen-bond acceptors (Lipinski definition) is 4. The zero-order chi connectivity index (χ0) is 18.4. The molecule has 1 aromatic carbocycles. The van der Waals surface area contributed by atoms with Gasteiger partial charge in [-0.3, -0.25) is 14.4 Å². The Morgan fingerprint density at radius 2 is 2.00 bits per heavy atom. The standard InChI is InChI=1S/C19H26N2O4/c1-5-6-11-24-17(23)12-15-14-9-7-8-10-16(14)20-18(15)21(13-22)25-19(2,3)4/h7-10,13,20H,5-6,11-12H2,1-4H3. The van der Waals surface area contributed by atoms with Crippen molar-refractivity contribution in [2.45, 2.75) is 52.6 Å². The predicted molar refractivity (Wildman–Crippen MR) is 97.3 cm³/mol. The van der Waals surface area contributed by atoms with Gasteiger partial charge in [-0.15, -0.1) is 0 Å². The number of nitrogens with zero attached hydrogens (tertiary/aromatic N) is 1. The summed E-state index contributed by atoms with van der Waals surface area (Å²) in [6.45, 7) is 8.00. The second-order valence-corrected chi connectivity index (χ2v) is 6.88. The molecule has 6 nitrogen and oxygen atoms in total. The monoisotopic (exact) mass is 346 g/mol. The normalized spacial score (nSPS) is 11.5. The van der Waals surface area contributed by atoms with Gasteiger partial charge in [0.15, 0.2) is 0 Å². The quantitative estimate of drug-likeness (QED) is 0.342. The highest BCUT2D eigenvalue weighted by molar-refractivity contribution is 5.94. The van der Waals surface area contributed by atoms with E-state index < -0.39 is 5.60 Å². The van der Waals surface area contributed by atoms with Crippen molar-refractivity contribution in [3.8, 4) is 0 Å². The first-order chi connectivity index (χ1) is 11.9. The van der Waals surface area contributed by atoms with Crippen LogP contribution in [-0.4, -0.2) is 29.6 Å². The van der Waals surface area contributed by atoms with Crippen LogP contribution in [0.2, 0.25) is 0 Å². The average Bonchev–Trinajstić information content (AvgIpc) is 2.91. The number of aromatic amines is 1. The van der Waals surface area contributed by atoms with Gasteiger partial charge in [0.25, 0.3) is 0 Å². The maximum Gasteiger partial charge on any atom is 0.310 e. The SMILES string of the molecule is CCCCOC(=O)Cc1c(N(C=O)OC(C)(C)C)[nH]c2ccccc12. The van der Waals surface area contributed by atoms with Crippen molar-refractivity contribution in [1.82, 2.24) is 4.98 Å². The van der Waals surface area contributed by atoms with E-state index in [4.69, 9.17) is 9.57 Å². The van der Waals surface area contributed by atoms with Crippen LogP contribution in [-0.2, 0) is 25.6 Å². The molecule has 0 radical (unpaired) electrons. The lowest BCUT2D eigenvalue weighted by Crippen LogP contribution is -2.34. The van der Waals surface area contributed by atoms with Gasteiger partial charge >= 0.3 is 5.97 Å². The molecule has 0 aliphatic carbocycles. The van der Waals surface area contributed by atoms with E-state index in [1.54, 1.807) is 0 Å². The van der Waals surface area contributed by atoms with E-state index in [-0.39, 0.29) is 12.4 Å². The first kappa shape index (κ1) is 19.0. The molecule has 0 saturated carbocycles. The summed E-state index contributed by atoms with van der Waals surface area (Å²) in [4.78, 5) is 32.6. The maximum absolute atomic E-state index is 12.2. The number of rotatable bonds is 8. The molecule has 0 spiro atoms. The summed E-state index contributed by atoms with van der Waals surface area (Å²) in [5.74, 6) is 0.139. The van der Waals surface area contributed by atoms with Crippen LogP contribution in [0, 0.1) is 0 Å². The fourth-order valence-corrected chi connectivity index (χ4v) is 2.49. The van der Waals surface area contributed by atoms with Gasteiger partial charge in [-0.25, -0.2) is 0 Å². The molecule has 1 heterocycles. The number of esters is 1. The molecule has 2 aromatic rings. The summed E-state index contributed by atoms with van der Waals surface area (Å²) in [6, 6.07) is 7.58. The third kappa shape index (κ3) is 5.06. The Bertz CT molecular complexity index is 731. The highest BCUT2D eigenvalue weighted by atomic mass is 16.7. The molecule has 1 N–H and O–H groups in total. The number of unbranched alkanes of at least 4 members (excludes halogenated alkanes) is 1. The lowest BCUT2D eigenvalue weighted by molar-refractivity contribution is -0.142. The number of benzene rings is 1. The topological polar surface area (TPSA) is 71.6 Å². The van der Waals surface area contributed by atoms with Crippen LogP contribution >= 0.6 is 0 Å². The number of aromatic nitrogens is 1. The van der Waals surface area contributed by atoms with Crippen LogP contribution in [0.1, 0.15) is 46.1 Å². The van der Waals surface area contributed by atoms with Crippen LogP contribution in [0.4, 0.5) is 5.82 Å². The summed E-state index contributed by atoms with van der Waals surface area (Å²) in [7, 11) is 0. The fraction of sp³-hybridized carbons (Fsp3) is 0.474. The van der Waals surface area contributed by atoms with Crippen molar-refractivity contribution in [1.29, 1.82) is 0 Å². The van der Waals surface area contributed by atoms with Crippen molar-refractivity contribution >= 4 is 29.1 Å². The van der Waals surface area contributed by atoms with Gasteiger partial charge in [0.1, 0.15) is 5.82 Å². The second-order valence-electron chi connectivity index (χ2n) is 6.88. The molecule has 0 unspecified atom stereocenters. The van der Waals surface area contributed by atoms with E-state index in [0.29, 0.717) is 24.4 Å². The minimum Gasteiger partial charge on any atom is -0.465 e. The van der Waals surface area contributed by atoms with Crippen molar-refractivity contribution in [2.24, 2.45) is 0 Å². The van der Waals surface area contributed by atoms with E-state index in [1.807, 2.05) is 52.0 Å². The van der Waals surface area contributed by atoms with Crippen LogP contribution in [0.3, 0.4) is 0 Å². The number of fused-ring (bicyclic) bond motifs is 1. The highest BCUT2D eigenvalue weighted by Crippen LogP contribution is 2.30. The second kappa shape index (κ2) is 8.16. The third-order valence-electron chi connectivity index (χ3n) is 3.56. The average molecular weight is 346 g/mol. The Labute approximate surface area is 148 Å². The number of para-hydroxylation sites is 1. The Morgan fingerprint density at radius 3 is 2.64 bits per heavy atom. The van der Waals surface area contributed by atoms with Crippen molar-refractivity contribution in [3.63, 3.8) is 0 Å². The van der Waals surface area contributed by atoms with Crippen LogP contribution in [0.15, 0.2) is 24.3 Å². The Balaban J connectivity index is 2.35. The maximum atomic E-state index is 12.2. The molecule has 6 heteroatoms. The van der Waals surface area contributed by atoms with Crippen LogP contribution in [0.5, 0.6) is 0 Å². The molecule has 0 aliphatic rings. The lowest BCUT2D eigenvalue weighted by Gasteiger charge is -2.26. The van der Waals surface area contributed by atoms with Gasteiger partial charge in [0.2, 0.25) is 6.41 Å². The zero-order valence-corrected chi connectivity index (χ0v) is 15.3. The summed E-state index contributed by atoms with van der Waals surface area (Å²) in [5, 5.41) is 2.02. The van der Waals surface area contributed by atoms with Gasteiger partial charge < -0.3 is 9.72 Å². The molecule has 1 aromatic heterocycles. The Hall–Kier alpha value is -2.34. The van der Waals surface area contributed by atoms with E-state index in [1.165, 1.54) is 0 Å². The number of hydrogen-bond donors (Lipinski definition) is 1. The molecule has 0 saturated heterocycles. The van der Waals surface area contributed by atoms with Crippen LogP contribution < -0.4 is 5.06 Å². The van der Waals surface area contributed by atoms with Gasteiger partial charge in [0.05, 0.1) is 18.6 Å². The molecule has 25 heavy (non-hydrogen) atoms. The first-order valence-electron chi connectivity index (χ1n) is 8.54. The van der Waals surface area contributed by atoms with E-state index in [2.05, 4.69) is 4.98 Å². The molecule has 0 bridgehead atoms. The molecule has 0 fully saturated rings. The number of ether oxygens (including phenoxy) is 1. The lowest BCUT2D eigenvalue weighted by atomic mass is 10.1. The predicted octanol–water partition coefficient (Wildman–Crippen LogP) is 3.75. The molecular weight excluding hydrogens is 320 g/mol. The van der Waals surface area contributed by atoms with E-state index >= 15 is 0 Å². The number of carbonyl (C=O) groups excluding carboxylic acids is 2. The molecular formula is C19H26N2O4. The summed E-state index contributed by atoms with van der Waals surface area (Å²) in [6.07, 6.45) is 2.47. The molecule has 136 valence electrons. The Morgan fingerprint density at radius 1 is 1.28 bits per heavy atom. The first-order valence-corrected chi connectivity index (χ1v) is 8.54. The molecule has 2 rings (SSSR count). The summed E-state index contributed by atoms with van der Waals surface area (Å²) >= 11 is 0. The fourth-order valence-electron chi connectivity index (χ4n) is 2.49. The smallest absolute Gasteiger partial charge is 0.310 e. The summed E-state index contributed by atoms with van der Waals surface area (Å²) in [5.41, 5.74) is 0.962. The van der Waals surface area contributed by atoms with Crippen molar-refractivity contribution < 1.29 is 19.2 Å². The van der Waals surface area contributed by atoms with Crippen LogP contribution in [0.25, 0.3) is 10.9 Å². The van der Waals surface area contributed by atoms with Gasteiger partial charge in [0, 0.05) is 16.5 Å². The number of anilines is 1. The zero-order valence-electron chi connectivity index (χ0n) is 15.3. The number of H-pyrrole nitrogens is 1.